The van der Waals surface area contributed by atoms with Gasteiger partial charge in [0, 0.05) is 0 Å². The summed E-state index contributed by atoms with van der Waals surface area (Å²) in [6.45, 7) is 3.82. The SMILES string of the molecule is Cc1ccc(S(=O)(=O)OC[C@H]2C[C@@H]3C[C@@H]2[C@H](OS(=O)(=O)c2ccc(C)cc2)C3)cc1. The van der Waals surface area contributed by atoms with Crippen LogP contribution in [0.1, 0.15) is 30.4 Å². The van der Waals surface area contributed by atoms with Gasteiger partial charge in [0.1, 0.15) is 0 Å². The first-order valence-corrected chi connectivity index (χ1v) is 12.9. The molecule has 0 heterocycles. The summed E-state index contributed by atoms with van der Waals surface area (Å²) in [6, 6.07) is 13.1. The lowest BCUT2D eigenvalue weighted by atomic mass is 9.87. The Hall–Kier alpha value is -1.74. The number of hydrogen-bond acceptors (Lipinski definition) is 6. The number of aryl methyl sites for hydroxylation is 2. The average Bonchev–Trinajstić information content (AvgIpc) is 3.27. The van der Waals surface area contributed by atoms with Gasteiger partial charge in [-0.1, -0.05) is 35.4 Å². The van der Waals surface area contributed by atoms with E-state index in [-0.39, 0.29) is 28.2 Å². The highest BCUT2D eigenvalue weighted by Gasteiger charge is 2.49. The minimum Gasteiger partial charge on any atom is -0.266 e. The fourth-order valence-electron chi connectivity index (χ4n) is 4.60. The quantitative estimate of drug-likeness (QED) is 0.596. The molecule has 0 amide bonds. The molecule has 2 bridgehead atoms. The second kappa shape index (κ2) is 8.07. The largest absolute Gasteiger partial charge is 0.297 e. The van der Waals surface area contributed by atoms with Crippen LogP contribution in [0.4, 0.5) is 0 Å². The Morgan fingerprint density at radius 2 is 1.30 bits per heavy atom. The van der Waals surface area contributed by atoms with Crippen LogP contribution in [0.3, 0.4) is 0 Å². The van der Waals surface area contributed by atoms with Gasteiger partial charge in [-0.3, -0.25) is 8.37 Å². The van der Waals surface area contributed by atoms with Gasteiger partial charge in [0.25, 0.3) is 20.2 Å². The number of fused-ring (bicyclic) bond motifs is 2. The molecule has 0 aliphatic heterocycles. The highest BCUT2D eigenvalue weighted by Crippen LogP contribution is 2.50. The van der Waals surface area contributed by atoms with Crippen molar-refractivity contribution in [1.29, 1.82) is 0 Å². The van der Waals surface area contributed by atoms with Gasteiger partial charge in [0.2, 0.25) is 0 Å². The number of benzene rings is 2. The zero-order valence-electron chi connectivity index (χ0n) is 17.0. The van der Waals surface area contributed by atoms with E-state index in [1.807, 2.05) is 13.8 Å². The van der Waals surface area contributed by atoms with Gasteiger partial charge in [-0.05, 0) is 75.1 Å². The van der Waals surface area contributed by atoms with Gasteiger partial charge < -0.3 is 0 Å². The number of rotatable bonds is 7. The molecule has 0 saturated heterocycles. The Labute approximate surface area is 178 Å². The van der Waals surface area contributed by atoms with Crippen LogP contribution < -0.4 is 0 Å². The minimum atomic E-state index is -3.86. The van der Waals surface area contributed by atoms with E-state index in [1.54, 1.807) is 36.4 Å². The maximum absolute atomic E-state index is 12.7. The molecule has 4 atom stereocenters. The van der Waals surface area contributed by atoms with E-state index in [1.165, 1.54) is 12.1 Å². The first-order valence-electron chi connectivity index (χ1n) is 10.1. The molecule has 2 aromatic rings. The second-order valence-corrected chi connectivity index (χ2v) is 11.6. The molecule has 6 nitrogen and oxygen atoms in total. The molecule has 8 heteroatoms. The number of hydrogen-bond donors (Lipinski definition) is 0. The zero-order chi connectivity index (χ0) is 21.5. The molecule has 30 heavy (non-hydrogen) atoms. The maximum atomic E-state index is 12.7. The first-order chi connectivity index (χ1) is 14.1. The van der Waals surface area contributed by atoms with Crippen molar-refractivity contribution in [2.75, 3.05) is 6.61 Å². The van der Waals surface area contributed by atoms with Crippen molar-refractivity contribution in [3.05, 3.63) is 59.7 Å². The summed E-state index contributed by atoms with van der Waals surface area (Å²) in [7, 11) is -7.70. The molecule has 2 saturated carbocycles. The van der Waals surface area contributed by atoms with Crippen LogP contribution in [0.5, 0.6) is 0 Å². The van der Waals surface area contributed by atoms with Crippen molar-refractivity contribution in [1.82, 2.24) is 0 Å². The molecule has 0 radical (unpaired) electrons. The van der Waals surface area contributed by atoms with Crippen LogP contribution in [-0.2, 0) is 28.6 Å². The highest BCUT2D eigenvalue weighted by atomic mass is 32.2. The summed E-state index contributed by atoms with van der Waals surface area (Å²) in [5.74, 6) is 0.273. The third-order valence-electron chi connectivity index (χ3n) is 6.20. The van der Waals surface area contributed by atoms with E-state index in [9.17, 15) is 16.8 Å². The van der Waals surface area contributed by atoms with Crippen LogP contribution in [0.15, 0.2) is 58.3 Å². The summed E-state index contributed by atoms with van der Waals surface area (Å²) in [4.78, 5) is 0.275. The van der Waals surface area contributed by atoms with E-state index in [4.69, 9.17) is 8.37 Å². The Balaban J connectivity index is 1.41. The van der Waals surface area contributed by atoms with E-state index >= 15 is 0 Å². The molecule has 0 N–H and O–H groups in total. The predicted octanol–water partition coefficient (Wildman–Crippen LogP) is 3.83. The zero-order valence-corrected chi connectivity index (χ0v) is 18.7. The predicted molar refractivity (Wildman–Crippen MR) is 112 cm³/mol. The summed E-state index contributed by atoms with van der Waals surface area (Å²) in [6.07, 6.45) is 1.91. The van der Waals surface area contributed by atoms with Crippen LogP contribution >= 0.6 is 0 Å². The van der Waals surface area contributed by atoms with Gasteiger partial charge in [-0.15, -0.1) is 0 Å². The van der Waals surface area contributed by atoms with E-state index in [2.05, 4.69) is 0 Å². The standard InChI is InChI=1S/C22H26O6S2/c1-15-3-7-19(8-4-15)29(23,24)27-14-18-11-17-12-21(18)22(13-17)28-30(25,26)20-9-5-16(2)6-10-20/h3-10,17-18,21-22H,11-14H2,1-2H3/t17-,18-,21+,22-/m1/s1. The molecule has 0 spiro atoms. The van der Waals surface area contributed by atoms with Crippen molar-refractivity contribution >= 4 is 20.2 Å². The Morgan fingerprint density at radius 1 is 0.767 bits per heavy atom. The third kappa shape index (κ3) is 4.46. The normalized spacial score (nSPS) is 26.2. The van der Waals surface area contributed by atoms with E-state index in [0.717, 1.165) is 24.0 Å². The van der Waals surface area contributed by atoms with Gasteiger partial charge in [0.05, 0.1) is 22.5 Å². The van der Waals surface area contributed by atoms with E-state index < -0.39 is 26.3 Å². The lowest BCUT2D eigenvalue weighted by molar-refractivity contribution is 0.0852. The molecule has 0 aromatic heterocycles. The van der Waals surface area contributed by atoms with Gasteiger partial charge in [0.15, 0.2) is 0 Å². The third-order valence-corrected chi connectivity index (χ3v) is 8.84. The van der Waals surface area contributed by atoms with E-state index in [0.29, 0.717) is 12.3 Å². The van der Waals surface area contributed by atoms with Crippen molar-refractivity contribution in [2.24, 2.45) is 17.8 Å². The summed E-state index contributed by atoms with van der Waals surface area (Å²) >= 11 is 0. The summed E-state index contributed by atoms with van der Waals surface area (Å²) in [5, 5.41) is 0. The Morgan fingerprint density at radius 3 is 1.83 bits per heavy atom. The van der Waals surface area contributed by atoms with Gasteiger partial charge in [-0.25, -0.2) is 0 Å². The smallest absolute Gasteiger partial charge is 0.266 e. The molecule has 0 unspecified atom stereocenters. The molecular weight excluding hydrogens is 424 g/mol. The van der Waals surface area contributed by atoms with Crippen molar-refractivity contribution in [2.45, 2.75) is 49.0 Å². The summed E-state index contributed by atoms with van der Waals surface area (Å²) in [5.41, 5.74) is 1.94. The first kappa shape index (κ1) is 21.5. The molecular formula is C22H26O6S2. The van der Waals surface area contributed by atoms with Crippen molar-refractivity contribution in [3.8, 4) is 0 Å². The minimum absolute atomic E-state index is 0.0246. The molecule has 4 rings (SSSR count). The van der Waals surface area contributed by atoms with Crippen LogP contribution in [0, 0.1) is 31.6 Å². The van der Waals surface area contributed by atoms with Crippen molar-refractivity contribution in [3.63, 3.8) is 0 Å². The molecule has 2 fully saturated rings. The van der Waals surface area contributed by atoms with Gasteiger partial charge in [-0.2, -0.15) is 16.8 Å². The Bertz CT molecular complexity index is 1100. The molecule has 2 aliphatic rings. The van der Waals surface area contributed by atoms with Gasteiger partial charge >= 0.3 is 0 Å². The summed E-state index contributed by atoms with van der Waals surface area (Å²) < 4.78 is 61.2. The maximum Gasteiger partial charge on any atom is 0.297 e. The molecule has 2 aliphatic carbocycles. The monoisotopic (exact) mass is 450 g/mol. The molecule has 162 valence electrons. The second-order valence-electron chi connectivity index (χ2n) is 8.45. The fourth-order valence-corrected chi connectivity index (χ4v) is 6.69. The lowest BCUT2D eigenvalue weighted by Crippen LogP contribution is -2.32. The van der Waals surface area contributed by atoms with Crippen LogP contribution in [0.25, 0.3) is 0 Å². The van der Waals surface area contributed by atoms with Crippen molar-refractivity contribution < 1.29 is 25.2 Å². The average molecular weight is 451 g/mol. The highest BCUT2D eigenvalue weighted by molar-refractivity contribution is 7.87. The Kier molecular flexibility index (Phi) is 5.78. The fraction of sp³-hybridized carbons (Fsp3) is 0.455. The van der Waals surface area contributed by atoms with Crippen LogP contribution in [-0.4, -0.2) is 29.5 Å². The lowest BCUT2D eigenvalue weighted by Gasteiger charge is -2.28. The topological polar surface area (TPSA) is 86.7 Å². The van der Waals surface area contributed by atoms with Crippen LogP contribution in [0.2, 0.25) is 0 Å². The molecule has 2 aromatic carbocycles.